The standard InChI is InChI=1S/C15H12N4O3/c1-21-12-4-3-10(7-13(12)22-2)14-11(8-17)15(20)19(6-5-16)9-18-14/h3-4,7,9H,6H2,1-2H3. The third kappa shape index (κ3) is 2.60. The molecule has 0 amide bonds. The summed E-state index contributed by atoms with van der Waals surface area (Å²) in [5.74, 6) is 0.995. The van der Waals surface area contributed by atoms with Gasteiger partial charge < -0.3 is 9.47 Å². The average Bonchev–Trinajstić information content (AvgIpc) is 2.56. The molecule has 2 aromatic rings. The first-order valence-corrected chi connectivity index (χ1v) is 6.25. The van der Waals surface area contributed by atoms with Crippen LogP contribution in [0.15, 0.2) is 29.3 Å². The number of nitriles is 2. The van der Waals surface area contributed by atoms with E-state index in [2.05, 4.69) is 4.98 Å². The highest BCUT2D eigenvalue weighted by molar-refractivity contribution is 5.68. The zero-order valence-corrected chi connectivity index (χ0v) is 12.0. The summed E-state index contributed by atoms with van der Waals surface area (Å²) in [4.78, 5) is 16.3. The normalized spacial score (nSPS) is 9.64. The van der Waals surface area contributed by atoms with E-state index < -0.39 is 5.56 Å². The van der Waals surface area contributed by atoms with Crippen molar-refractivity contribution >= 4 is 0 Å². The van der Waals surface area contributed by atoms with Gasteiger partial charge >= 0.3 is 0 Å². The second-order valence-corrected chi connectivity index (χ2v) is 4.24. The fraction of sp³-hybridized carbons (Fsp3) is 0.200. The van der Waals surface area contributed by atoms with Gasteiger partial charge in [-0.3, -0.25) is 9.36 Å². The van der Waals surface area contributed by atoms with E-state index >= 15 is 0 Å². The second kappa shape index (κ2) is 6.42. The summed E-state index contributed by atoms with van der Waals surface area (Å²) in [6.45, 7) is -0.160. The van der Waals surface area contributed by atoms with Crippen LogP contribution in [0.5, 0.6) is 11.5 Å². The number of hydrogen-bond donors (Lipinski definition) is 0. The van der Waals surface area contributed by atoms with Gasteiger partial charge in [0.1, 0.15) is 18.2 Å². The van der Waals surface area contributed by atoms with Crippen molar-refractivity contribution in [2.24, 2.45) is 0 Å². The molecule has 0 N–H and O–H groups in total. The Labute approximate surface area is 126 Å². The summed E-state index contributed by atoms with van der Waals surface area (Å²) in [7, 11) is 3.00. The minimum Gasteiger partial charge on any atom is -0.493 e. The topological polar surface area (TPSA) is 101 Å². The zero-order valence-electron chi connectivity index (χ0n) is 12.0. The van der Waals surface area contributed by atoms with E-state index in [1.807, 2.05) is 12.1 Å². The molecular weight excluding hydrogens is 284 g/mol. The van der Waals surface area contributed by atoms with Gasteiger partial charge in [0.25, 0.3) is 5.56 Å². The molecule has 0 aliphatic carbocycles. The van der Waals surface area contributed by atoms with E-state index in [9.17, 15) is 10.1 Å². The maximum absolute atomic E-state index is 12.2. The van der Waals surface area contributed by atoms with Crippen LogP contribution in [0.3, 0.4) is 0 Å². The van der Waals surface area contributed by atoms with E-state index in [0.29, 0.717) is 17.1 Å². The predicted octanol–water partition coefficient (Wildman–Crippen LogP) is 1.32. The molecule has 7 nitrogen and oxygen atoms in total. The smallest absolute Gasteiger partial charge is 0.272 e. The molecule has 22 heavy (non-hydrogen) atoms. The summed E-state index contributed by atoms with van der Waals surface area (Å²) in [5.41, 5.74) is 0.117. The quantitative estimate of drug-likeness (QED) is 0.843. The van der Waals surface area contributed by atoms with Gasteiger partial charge in [0.15, 0.2) is 11.5 Å². The van der Waals surface area contributed by atoms with Crippen molar-refractivity contribution in [2.45, 2.75) is 6.54 Å². The fourth-order valence-corrected chi connectivity index (χ4v) is 1.98. The maximum atomic E-state index is 12.2. The van der Waals surface area contributed by atoms with E-state index in [0.717, 1.165) is 4.57 Å². The largest absolute Gasteiger partial charge is 0.493 e. The highest BCUT2D eigenvalue weighted by Crippen LogP contribution is 2.31. The van der Waals surface area contributed by atoms with Crippen LogP contribution in [0, 0.1) is 22.7 Å². The molecule has 2 rings (SSSR count). The van der Waals surface area contributed by atoms with Gasteiger partial charge in [-0.2, -0.15) is 10.5 Å². The molecule has 0 saturated carbocycles. The Morgan fingerprint density at radius 3 is 2.55 bits per heavy atom. The zero-order chi connectivity index (χ0) is 16.1. The highest BCUT2D eigenvalue weighted by Gasteiger charge is 2.15. The number of hydrogen-bond acceptors (Lipinski definition) is 6. The molecule has 1 aromatic carbocycles. The molecule has 0 aliphatic rings. The Kier molecular flexibility index (Phi) is 4.40. The lowest BCUT2D eigenvalue weighted by atomic mass is 10.1. The first-order valence-electron chi connectivity index (χ1n) is 6.25. The van der Waals surface area contributed by atoms with Gasteiger partial charge in [0.2, 0.25) is 0 Å². The van der Waals surface area contributed by atoms with Crippen LogP contribution >= 0.6 is 0 Å². The van der Waals surface area contributed by atoms with Gasteiger partial charge in [0.05, 0.1) is 32.3 Å². The van der Waals surface area contributed by atoms with E-state index in [1.165, 1.54) is 20.5 Å². The molecule has 0 saturated heterocycles. The third-order valence-corrected chi connectivity index (χ3v) is 3.05. The van der Waals surface area contributed by atoms with Gasteiger partial charge in [0, 0.05) is 5.56 Å². The molecule has 0 aliphatic heterocycles. The molecule has 0 spiro atoms. The number of rotatable bonds is 4. The van der Waals surface area contributed by atoms with Gasteiger partial charge in [-0.1, -0.05) is 0 Å². The van der Waals surface area contributed by atoms with Crippen molar-refractivity contribution < 1.29 is 9.47 Å². The van der Waals surface area contributed by atoms with Crippen LogP contribution in [-0.4, -0.2) is 23.8 Å². The molecule has 1 aromatic heterocycles. The van der Waals surface area contributed by atoms with Crippen LogP contribution in [0.2, 0.25) is 0 Å². The Hall–Kier alpha value is -3.32. The van der Waals surface area contributed by atoms with Crippen LogP contribution < -0.4 is 15.0 Å². The van der Waals surface area contributed by atoms with Gasteiger partial charge in [-0.05, 0) is 18.2 Å². The molecule has 0 fully saturated rings. The lowest BCUT2D eigenvalue weighted by Crippen LogP contribution is -2.23. The summed E-state index contributed by atoms with van der Waals surface area (Å²) < 4.78 is 11.4. The minimum absolute atomic E-state index is 0.120. The second-order valence-electron chi connectivity index (χ2n) is 4.24. The molecule has 0 bridgehead atoms. The summed E-state index contributed by atoms with van der Waals surface area (Å²) in [5, 5.41) is 17.9. The molecule has 1 heterocycles. The average molecular weight is 296 g/mol. The number of benzene rings is 1. The highest BCUT2D eigenvalue weighted by atomic mass is 16.5. The van der Waals surface area contributed by atoms with Crippen molar-refractivity contribution in [1.82, 2.24) is 9.55 Å². The van der Waals surface area contributed by atoms with E-state index in [4.69, 9.17) is 14.7 Å². The van der Waals surface area contributed by atoms with Crippen molar-refractivity contribution in [2.75, 3.05) is 14.2 Å². The monoisotopic (exact) mass is 296 g/mol. The van der Waals surface area contributed by atoms with E-state index in [1.54, 1.807) is 18.2 Å². The number of aromatic nitrogens is 2. The maximum Gasteiger partial charge on any atom is 0.272 e. The number of ether oxygens (including phenoxy) is 2. The van der Waals surface area contributed by atoms with Gasteiger partial charge in [-0.15, -0.1) is 0 Å². The predicted molar refractivity (Wildman–Crippen MR) is 77.4 cm³/mol. The van der Waals surface area contributed by atoms with Crippen molar-refractivity contribution in [3.8, 4) is 34.9 Å². The van der Waals surface area contributed by atoms with Crippen molar-refractivity contribution in [3.05, 3.63) is 40.4 Å². The Bertz CT molecular complexity index is 843. The molecular formula is C15H12N4O3. The first-order chi connectivity index (χ1) is 10.7. The molecule has 0 unspecified atom stereocenters. The fourth-order valence-electron chi connectivity index (χ4n) is 1.98. The van der Waals surface area contributed by atoms with E-state index in [-0.39, 0.29) is 17.8 Å². The SMILES string of the molecule is COc1ccc(-c2ncn(CC#N)c(=O)c2C#N)cc1OC. The lowest BCUT2D eigenvalue weighted by Gasteiger charge is -2.10. The van der Waals surface area contributed by atoms with Gasteiger partial charge in [-0.25, -0.2) is 4.98 Å². The van der Waals surface area contributed by atoms with Crippen LogP contribution in [0.25, 0.3) is 11.3 Å². The molecule has 7 heteroatoms. The summed E-state index contributed by atoms with van der Waals surface area (Å²) in [6, 6.07) is 8.67. The minimum atomic E-state index is -0.552. The first kappa shape index (κ1) is 15.1. The number of methoxy groups -OCH3 is 2. The van der Waals surface area contributed by atoms with Crippen LogP contribution in [-0.2, 0) is 6.54 Å². The molecule has 110 valence electrons. The van der Waals surface area contributed by atoms with Crippen LogP contribution in [0.1, 0.15) is 5.56 Å². The summed E-state index contributed by atoms with van der Waals surface area (Å²) in [6.07, 6.45) is 1.25. The Morgan fingerprint density at radius 1 is 1.23 bits per heavy atom. The molecule has 0 atom stereocenters. The third-order valence-electron chi connectivity index (χ3n) is 3.05. The van der Waals surface area contributed by atoms with Crippen LogP contribution in [0.4, 0.5) is 0 Å². The summed E-state index contributed by atoms with van der Waals surface area (Å²) >= 11 is 0. The number of nitrogens with zero attached hydrogens (tertiary/aromatic N) is 4. The Balaban J connectivity index is 2.64. The molecule has 0 radical (unpaired) electrons. The van der Waals surface area contributed by atoms with Crippen molar-refractivity contribution in [1.29, 1.82) is 10.5 Å². The van der Waals surface area contributed by atoms with Crippen molar-refractivity contribution in [3.63, 3.8) is 0 Å². The Morgan fingerprint density at radius 2 is 1.95 bits per heavy atom. The lowest BCUT2D eigenvalue weighted by molar-refractivity contribution is 0.355.